The molecule has 0 aromatic heterocycles. The van der Waals surface area contributed by atoms with Crippen LogP contribution in [0.5, 0.6) is 5.75 Å². The summed E-state index contributed by atoms with van der Waals surface area (Å²) in [6.07, 6.45) is -1.05. The monoisotopic (exact) mass is 325 g/mol. The molecule has 1 aromatic rings. The molecule has 1 aliphatic heterocycles. The third-order valence-electron chi connectivity index (χ3n) is 2.70. The van der Waals surface area contributed by atoms with Gasteiger partial charge in [-0.15, -0.1) is 0 Å². The maximum Gasteiger partial charge on any atom is 0.345 e. The molecule has 104 valence electrons. The first-order valence-corrected chi connectivity index (χ1v) is 7.35. The number of aliphatic carboxylic acids is 1. The molecule has 1 atom stereocenters. The van der Waals surface area contributed by atoms with Gasteiger partial charge < -0.3 is 9.84 Å². The Morgan fingerprint density at radius 2 is 2.11 bits per heavy atom. The molecule has 0 saturated heterocycles. The Bertz CT molecular complexity index is 658. The lowest BCUT2D eigenvalue weighted by Crippen LogP contribution is -2.24. The van der Waals surface area contributed by atoms with Crippen molar-refractivity contribution in [3.8, 4) is 5.75 Å². The number of ether oxygens (including phenoxy) is 1. The SMILES string of the molecule is CNS(=O)(=O)c1cc2c(c(Cl)c1Cl)O[C@H](C(=O)O)C2. The van der Waals surface area contributed by atoms with Crippen molar-refractivity contribution < 1.29 is 23.1 Å². The van der Waals surface area contributed by atoms with Gasteiger partial charge in [-0.3, -0.25) is 0 Å². The highest BCUT2D eigenvalue weighted by Crippen LogP contribution is 2.43. The van der Waals surface area contributed by atoms with Crippen LogP contribution in [0.4, 0.5) is 0 Å². The number of nitrogens with one attached hydrogen (secondary N) is 1. The topological polar surface area (TPSA) is 92.7 Å². The first kappa shape index (κ1) is 14.4. The van der Waals surface area contributed by atoms with Gasteiger partial charge in [0.25, 0.3) is 0 Å². The molecular formula is C10H9Cl2NO5S. The fourth-order valence-electron chi connectivity index (χ4n) is 1.74. The Balaban J connectivity index is 2.59. The minimum atomic E-state index is -3.78. The van der Waals surface area contributed by atoms with Crippen LogP contribution < -0.4 is 9.46 Å². The Labute approximate surface area is 119 Å². The van der Waals surface area contributed by atoms with Gasteiger partial charge >= 0.3 is 5.97 Å². The van der Waals surface area contributed by atoms with Crippen molar-refractivity contribution in [3.63, 3.8) is 0 Å². The van der Waals surface area contributed by atoms with Gasteiger partial charge in [0.05, 0.1) is 5.02 Å². The lowest BCUT2D eigenvalue weighted by molar-refractivity contribution is -0.144. The zero-order chi connectivity index (χ0) is 14.4. The largest absolute Gasteiger partial charge is 0.478 e. The first-order chi connectivity index (χ1) is 8.77. The van der Waals surface area contributed by atoms with Gasteiger partial charge in [0.15, 0.2) is 6.10 Å². The standard InChI is InChI=1S/C10H9Cl2NO5S/c1-13-19(16,17)6-3-4-2-5(10(14)15)18-9(4)8(12)7(6)11/h3,5,13H,2H2,1H3,(H,14,15)/t5-/m0/s1. The summed E-state index contributed by atoms with van der Waals surface area (Å²) in [6.45, 7) is 0. The normalized spacial score (nSPS) is 17.9. The van der Waals surface area contributed by atoms with Crippen molar-refractivity contribution in [3.05, 3.63) is 21.7 Å². The van der Waals surface area contributed by atoms with Gasteiger partial charge in [0.2, 0.25) is 10.0 Å². The Kier molecular flexibility index (Phi) is 3.65. The third kappa shape index (κ3) is 2.38. The average Bonchev–Trinajstić information content (AvgIpc) is 2.78. The molecule has 0 saturated carbocycles. The summed E-state index contributed by atoms with van der Waals surface area (Å²) >= 11 is 11.8. The Morgan fingerprint density at radius 1 is 1.47 bits per heavy atom. The highest BCUT2D eigenvalue weighted by Gasteiger charge is 2.34. The molecule has 0 amide bonds. The Hall–Kier alpha value is -1.02. The molecule has 0 spiro atoms. The molecule has 19 heavy (non-hydrogen) atoms. The van der Waals surface area contributed by atoms with Crippen LogP contribution in [-0.4, -0.2) is 32.6 Å². The van der Waals surface area contributed by atoms with Gasteiger partial charge in [-0.2, -0.15) is 0 Å². The molecule has 2 rings (SSSR count). The molecule has 1 aromatic carbocycles. The van der Waals surface area contributed by atoms with Crippen LogP contribution in [0, 0.1) is 0 Å². The molecule has 0 unspecified atom stereocenters. The number of carboxylic acid groups (broad SMARTS) is 1. The zero-order valence-corrected chi connectivity index (χ0v) is 11.9. The van der Waals surface area contributed by atoms with Gasteiger partial charge in [-0.1, -0.05) is 23.2 Å². The van der Waals surface area contributed by atoms with Crippen molar-refractivity contribution >= 4 is 39.2 Å². The minimum Gasteiger partial charge on any atom is -0.478 e. The first-order valence-electron chi connectivity index (χ1n) is 5.11. The van der Waals surface area contributed by atoms with Gasteiger partial charge in [-0.25, -0.2) is 17.9 Å². The summed E-state index contributed by atoms with van der Waals surface area (Å²) in [7, 11) is -2.54. The summed E-state index contributed by atoms with van der Waals surface area (Å²) in [4.78, 5) is 10.7. The molecule has 0 bridgehead atoms. The van der Waals surface area contributed by atoms with Gasteiger partial charge in [0.1, 0.15) is 15.7 Å². The lowest BCUT2D eigenvalue weighted by atomic mass is 10.1. The summed E-state index contributed by atoms with van der Waals surface area (Å²) in [6, 6.07) is 1.28. The molecule has 0 fully saturated rings. The van der Waals surface area contributed by atoms with Crippen molar-refractivity contribution in [2.24, 2.45) is 0 Å². The molecule has 6 nitrogen and oxygen atoms in total. The number of rotatable bonds is 3. The van der Waals surface area contributed by atoms with E-state index in [2.05, 4.69) is 4.72 Å². The number of halogens is 2. The second-order valence-corrected chi connectivity index (χ2v) is 6.46. The van der Waals surface area contributed by atoms with Crippen LogP contribution >= 0.6 is 23.2 Å². The van der Waals surface area contributed by atoms with Crippen LogP contribution in [0.3, 0.4) is 0 Å². The molecule has 0 aliphatic carbocycles. The quantitative estimate of drug-likeness (QED) is 0.873. The fourth-order valence-corrected chi connectivity index (χ4v) is 3.37. The van der Waals surface area contributed by atoms with E-state index in [0.717, 1.165) is 0 Å². The van der Waals surface area contributed by atoms with E-state index in [-0.39, 0.29) is 27.1 Å². The number of hydrogen-bond donors (Lipinski definition) is 2. The van der Waals surface area contributed by atoms with E-state index in [1.165, 1.54) is 13.1 Å². The summed E-state index contributed by atoms with van der Waals surface area (Å²) in [5, 5.41) is 8.60. The van der Waals surface area contributed by atoms with E-state index in [9.17, 15) is 13.2 Å². The molecule has 2 N–H and O–H groups in total. The van der Waals surface area contributed by atoms with Crippen molar-refractivity contribution in [2.45, 2.75) is 17.4 Å². The highest BCUT2D eigenvalue weighted by atomic mass is 35.5. The molecular weight excluding hydrogens is 317 g/mol. The second kappa shape index (κ2) is 4.82. The second-order valence-electron chi connectivity index (χ2n) is 3.85. The van der Waals surface area contributed by atoms with Crippen LogP contribution in [0.15, 0.2) is 11.0 Å². The van der Waals surface area contributed by atoms with Crippen molar-refractivity contribution in [1.82, 2.24) is 4.72 Å². The average molecular weight is 326 g/mol. The fraction of sp³-hybridized carbons (Fsp3) is 0.300. The smallest absolute Gasteiger partial charge is 0.345 e. The molecule has 1 heterocycles. The van der Waals surface area contributed by atoms with E-state index < -0.39 is 22.1 Å². The predicted octanol–water partition coefficient (Wildman–Crippen LogP) is 1.29. The van der Waals surface area contributed by atoms with Gasteiger partial charge in [-0.05, 0) is 13.1 Å². The van der Waals surface area contributed by atoms with E-state index in [0.29, 0.717) is 5.56 Å². The number of sulfonamides is 1. The molecule has 1 aliphatic rings. The van der Waals surface area contributed by atoms with E-state index in [1.807, 2.05) is 0 Å². The molecule has 0 radical (unpaired) electrons. The molecule has 9 heteroatoms. The number of benzene rings is 1. The van der Waals surface area contributed by atoms with Crippen LogP contribution in [0.2, 0.25) is 10.0 Å². The summed E-state index contributed by atoms with van der Waals surface area (Å²) < 4.78 is 30.8. The van der Waals surface area contributed by atoms with Crippen LogP contribution in [0.25, 0.3) is 0 Å². The van der Waals surface area contributed by atoms with Crippen molar-refractivity contribution in [2.75, 3.05) is 7.05 Å². The number of carbonyl (C=O) groups is 1. The van der Waals surface area contributed by atoms with Gasteiger partial charge in [0, 0.05) is 12.0 Å². The minimum absolute atomic E-state index is 0.0355. The third-order valence-corrected chi connectivity index (χ3v) is 5.10. The number of fused-ring (bicyclic) bond motifs is 1. The summed E-state index contributed by atoms with van der Waals surface area (Å²) in [5.74, 6) is -1.03. The Morgan fingerprint density at radius 3 is 2.63 bits per heavy atom. The lowest BCUT2D eigenvalue weighted by Gasteiger charge is -2.10. The van der Waals surface area contributed by atoms with Crippen molar-refractivity contribution in [1.29, 1.82) is 0 Å². The summed E-state index contributed by atoms with van der Waals surface area (Å²) in [5.41, 5.74) is 0.399. The van der Waals surface area contributed by atoms with E-state index in [4.69, 9.17) is 33.0 Å². The number of carboxylic acids is 1. The van der Waals surface area contributed by atoms with Crippen LogP contribution in [-0.2, 0) is 21.2 Å². The number of hydrogen-bond acceptors (Lipinski definition) is 4. The van der Waals surface area contributed by atoms with E-state index >= 15 is 0 Å². The van der Waals surface area contributed by atoms with E-state index in [1.54, 1.807) is 0 Å². The predicted molar refractivity (Wildman–Crippen MR) is 68.5 cm³/mol. The maximum atomic E-state index is 11.8. The zero-order valence-electron chi connectivity index (χ0n) is 9.61. The van der Waals surface area contributed by atoms with Crippen LogP contribution in [0.1, 0.15) is 5.56 Å². The maximum absolute atomic E-state index is 11.8. The highest BCUT2D eigenvalue weighted by molar-refractivity contribution is 7.89.